The molecule has 0 aliphatic rings. The van der Waals surface area contributed by atoms with Crippen molar-refractivity contribution in [2.45, 2.75) is 19.1 Å². The SMILES string of the molecule is CC(Nc1ccc(C(F)(F)F)cc1)c1ccsc1. The van der Waals surface area contributed by atoms with Crippen LogP contribution in [0.1, 0.15) is 24.1 Å². The Morgan fingerprint density at radius 3 is 2.28 bits per heavy atom. The molecule has 0 radical (unpaired) electrons. The molecule has 5 heteroatoms. The summed E-state index contributed by atoms with van der Waals surface area (Å²) in [6.45, 7) is 1.97. The number of benzene rings is 1. The van der Waals surface area contributed by atoms with Crippen LogP contribution >= 0.6 is 11.3 Å². The first-order chi connectivity index (χ1) is 8.47. The summed E-state index contributed by atoms with van der Waals surface area (Å²) < 4.78 is 37.2. The summed E-state index contributed by atoms with van der Waals surface area (Å²) in [4.78, 5) is 0. The van der Waals surface area contributed by atoms with E-state index >= 15 is 0 Å². The van der Waals surface area contributed by atoms with Gasteiger partial charge in [0.15, 0.2) is 0 Å². The fourth-order valence-electron chi connectivity index (χ4n) is 1.61. The number of thiophene rings is 1. The van der Waals surface area contributed by atoms with Crippen LogP contribution in [0, 0.1) is 0 Å². The lowest BCUT2D eigenvalue weighted by Crippen LogP contribution is -2.07. The van der Waals surface area contributed by atoms with Gasteiger partial charge in [-0.2, -0.15) is 24.5 Å². The predicted molar refractivity (Wildman–Crippen MR) is 67.8 cm³/mol. The van der Waals surface area contributed by atoms with Gasteiger partial charge in [0.2, 0.25) is 0 Å². The van der Waals surface area contributed by atoms with Gasteiger partial charge < -0.3 is 5.32 Å². The molecule has 0 spiro atoms. The minimum atomic E-state index is -4.28. The van der Waals surface area contributed by atoms with E-state index in [1.807, 2.05) is 23.8 Å². The van der Waals surface area contributed by atoms with Crippen LogP contribution in [0.15, 0.2) is 41.1 Å². The maximum atomic E-state index is 12.4. The van der Waals surface area contributed by atoms with E-state index in [9.17, 15) is 13.2 Å². The van der Waals surface area contributed by atoms with Gasteiger partial charge in [-0.05, 0) is 53.6 Å². The number of hydrogen-bond donors (Lipinski definition) is 1. The standard InChI is InChI=1S/C13H12F3NS/c1-9(10-6-7-18-8-10)17-12-4-2-11(3-5-12)13(14,15)16/h2-9,17H,1H3. The van der Waals surface area contributed by atoms with E-state index in [0.29, 0.717) is 5.69 Å². The highest BCUT2D eigenvalue weighted by molar-refractivity contribution is 7.07. The van der Waals surface area contributed by atoms with Crippen molar-refractivity contribution in [3.05, 3.63) is 52.2 Å². The summed E-state index contributed by atoms with van der Waals surface area (Å²) in [7, 11) is 0. The number of alkyl halides is 3. The Morgan fingerprint density at radius 2 is 1.78 bits per heavy atom. The number of halogens is 3. The molecule has 1 heterocycles. The van der Waals surface area contributed by atoms with Crippen LogP contribution in [-0.4, -0.2) is 0 Å². The highest BCUT2D eigenvalue weighted by Crippen LogP contribution is 2.30. The average molecular weight is 271 g/mol. The first kappa shape index (κ1) is 13.0. The maximum absolute atomic E-state index is 12.4. The van der Waals surface area contributed by atoms with Crippen LogP contribution in [0.25, 0.3) is 0 Å². The van der Waals surface area contributed by atoms with Crippen LogP contribution in [0.3, 0.4) is 0 Å². The summed E-state index contributed by atoms with van der Waals surface area (Å²) in [5.74, 6) is 0. The lowest BCUT2D eigenvalue weighted by molar-refractivity contribution is -0.137. The fraction of sp³-hybridized carbons (Fsp3) is 0.231. The largest absolute Gasteiger partial charge is 0.416 e. The van der Waals surface area contributed by atoms with E-state index in [1.165, 1.54) is 12.1 Å². The van der Waals surface area contributed by atoms with Gasteiger partial charge in [-0.3, -0.25) is 0 Å². The Morgan fingerprint density at radius 1 is 1.11 bits per heavy atom. The van der Waals surface area contributed by atoms with Crippen LogP contribution in [-0.2, 0) is 6.18 Å². The van der Waals surface area contributed by atoms with Crippen molar-refractivity contribution in [1.29, 1.82) is 0 Å². The van der Waals surface area contributed by atoms with Crippen molar-refractivity contribution < 1.29 is 13.2 Å². The molecule has 0 bridgehead atoms. The average Bonchev–Trinajstić information content (AvgIpc) is 2.82. The summed E-state index contributed by atoms with van der Waals surface area (Å²) >= 11 is 1.60. The second-order valence-corrected chi connectivity index (χ2v) is 4.78. The Labute approximate surface area is 107 Å². The predicted octanol–water partition coefficient (Wildman–Crippen LogP) is 4.94. The third-order valence-corrected chi connectivity index (χ3v) is 3.34. The van der Waals surface area contributed by atoms with Crippen LogP contribution in [0.5, 0.6) is 0 Å². The molecule has 1 aromatic heterocycles. The maximum Gasteiger partial charge on any atom is 0.416 e. The zero-order valence-corrected chi connectivity index (χ0v) is 10.5. The van der Waals surface area contributed by atoms with E-state index in [2.05, 4.69) is 5.32 Å². The van der Waals surface area contributed by atoms with Crippen molar-refractivity contribution >= 4 is 17.0 Å². The summed E-state index contributed by atoms with van der Waals surface area (Å²) in [6.07, 6.45) is -4.28. The summed E-state index contributed by atoms with van der Waals surface area (Å²) in [5, 5.41) is 7.15. The first-order valence-electron chi connectivity index (χ1n) is 5.43. The van der Waals surface area contributed by atoms with Gasteiger partial charge in [-0.1, -0.05) is 0 Å². The fourth-order valence-corrected chi connectivity index (χ4v) is 2.36. The number of anilines is 1. The van der Waals surface area contributed by atoms with E-state index in [-0.39, 0.29) is 6.04 Å². The molecular formula is C13H12F3NS. The second-order valence-electron chi connectivity index (χ2n) is 4.00. The lowest BCUT2D eigenvalue weighted by atomic mass is 10.1. The topological polar surface area (TPSA) is 12.0 Å². The minimum absolute atomic E-state index is 0.0768. The molecule has 1 atom stereocenters. The van der Waals surface area contributed by atoms with E-state index < -0.39 is 11.7 Å². The molecule has 18 heavy (non-hydrogen) atoms. The van der Waals surface area contributed by atoms with Crippen LogP contribution in [0.4, 0.5) is 18.9 Å². The molecule has 1 nitrogen and oxygen atoms in total. The molecule has 0 aliphatic carbocycles. The number of nitrogens with one attached hydrogen (secondary N) is 1. The van der Waals surface area contributed by atoms with Crippen molar-refractivity contribution in [1.82, 2.24) is 0 Å². The summed E-state index contributed by atoms with van der Waals surface area (Å²) in [5.41, 5.74) is 1.18. The monoisotopic (exact) mass is 271 g/mol. The zero-order valence-electron chi connectivity index (χ0n) is 9.66. The number of rotatable bonds is 3. The highest BCUT2D eigenvalue weighted by atomic mass is 32.1. The molecule has 0 saturated heterocycles. The molecule has 1 unspecified atom stereocenters. The second kappa shape index (κ2) is 5.02. The molecule has 0 aliphatic heterocycles. The minimum Gasteiger partial charge on any atom is -0.378 e. The van der Waals surface area contributed by atoms with E-state index in [1.54, 1.807) is 11.3 Å². The Hall–Kier alpha value is -1.49. The molecule has 96 valence electrons. The molecule has 1 aromatic carbocycles. The van der Waals surface area contributed by atoms with Crippen LogP contribution in [0.2, 0.25) is 0 Å². The Kier molecular flexibility index (Phi) is 3.61. The molecule has 2 rings (SSSR count). The van der Waals surface area contributed by atoms with Gasteiger partial charge in [-0.25, -0.2) is 0 Å². The third-order valence-electron chi connectivity index (χ3n) is 2.64. The molecule has 0 saturated carbocycles. The molecule has 2 aromatic rings. The van der Waals surface area contributed by atoms with E-state index in [0.717, 1.165) is 17.7 Å². The van der Waals surface area contributed by atoms with Gasteiger partial charge >= 0.3 is 6.18 Å². The van der Waals surface area contributed by atoms with Gasteiger partial charge in [-0.15, -0.1) is 0 Å². The summed E-state index contributed by atoms with van der Waals surface area (Å²) in [6, 6.07) is 7.14. The Bertz CT molecular complexity index is 488. The third kappa shape index (κ3) is 3.04. The van der Waals surface area contributed by atoms with Gasteiger partial charge in [0.1, 0.15) is 0 Å². The normalized spacial score (nSPS) is 13.3. The zero-order chi connectivity index (χ0) is 13.2. The molecule has 0 amide bonds. The quantitative estimate of drug-likeness (QED) is 0.833. The van der Waals surface area contributed by atoms with E-state index in [4.69, 9.17) is 0 Å². The first-order valence-corrected chi connectivity index (χ1v) is 6.37. The van der Waals surface area contributed by atoms with Crippen molar-refractivity contribution in [2.75, 3.05) is 5.32 Å². The number of hydrogen-bond acceptors (Lipinski definition) is 2. The van der Waals surface area contributed by atoms with Gasteiger partial charge in [0.05, 0.1) is 5.56 Å². The highest BCUT2D eigenvalue weighted by Gasteiger charge is 2.29. The smallest absolute Gasteiger partial charge is 0.378 e. The van der Waals surface area contributed by atoms with Gasteiger partial charge in [0.25, 0.3) is 0 Å². The van der Waals surface area contributed by atoms with Crippen molar-refractivity contribution in [3.8, 4) is 0 Å². The van der Waals surface area contributed by atoms with Gasteiger partial charge in [0, 0.05) is 11.7 Å². The molecule has 1 N–H and O–H groups in total. The molecular weight excluding hydrogens is 259 g/mol. The van der Waals surface area contributed by atoms with Crippen molar-refractivity contribution in [3.63, 3.8) is 0 Å². The molecule has 0 fully saturated rings. The van der Waals surface area contributed by atoms with Crippen molar-refractivity contribution in [2.24, 2.45) is 0 Å². The van der Waals surface area contributed by atoms with Crippen LogP contribution < -0.4 is 5.32 Å². The lowest BCUT2D eigenvalue weighted by Gasteiger charge is -2.15. The Balaban J connectivity index is 2.07.